The second-order valence-corrected chi connectivity index (χ2v) is 1.77. The molecule has 0 saturated carbocycles. The number of carbonyl (C=O) groups excluding carboxylic acids is 1. The van der Waals surface area contributed by atoms with Crippen LogP contribution in [0, 0.1) is 0 Å². The molecule has 6 heteroatoms. The fourth-order valence-electron chi connectivity index (χ4n) is 0.235. The van der Waals surface area contributed by atoms with Crippen LogP contribution in [0.1, 0.15) is 6.42 Å². The van der Waals surface area contributed by atoms with Gasteiger partial charge in [0.15, 0.2) is 0 Å². The van der Waals surface area contributed by atoms with Crippen molar-refractivity contribution in [3.05, 3.63) is 0 Å². The fraction of sp³-hybridized carbons (Fsp3) is 0.667. The standard InChI is InChI=1S/C3H7NO4S/c4-2-1-3(5)8-9(6)7/h1-2,4H2,(H,6,7)/p-1. The normalized spacial score (nSPS) is 12.7. The largest absolute Gasteiger partial charge is 0.740 e. The van der Waals surface area contributed by atoms with E-state index < -0.39 is 17.3 Å². The van der Waals surface area contributed by atoms with E-state index in [9.17, 15) is 13.6 Å². The van der Waals surface area contributed by atoms with Gasteiger partial charge in [-0.3, -0.25) is 4.79 Å². The van der Waals surface area contributed by atoms with E-state index in [0.29, 0.717) is 0 Å². The van der Waals surface area contributed by atoms with Crippen molar-refractivity contribution in [3.8, 4) is 0 Å². The Hall–Kier alpha value is -0.460. The van der Waals surface area contributed by atoms with Crippen molar-refractivity contribution in [2.45, 2.75) is 6.42 Å². The van der Waals surface area contributed by atoms with Crippen molar-refractivity contribution in [1.82, 2.24) is 0 Å². The molecule has 0 aromatic carbocycles. The molecular formula is C3H6NO4S-. The first-order valence-corrected chi connectivity index (χ1v) is 3.17. The van der Waals surface area contributed by atoms with E-state index in [1.807, 2.05) is 0 Å². The quantitative estimate of drug-likeness (QED) is 0.506. The van der Waals surface area contributed by atoms with E-state index >= 15 is 0 Å². The summed E-state index contributed by atoms with van der Waals surface area (Å²) in [6, 6.07) is 0. The monoisotopic (exact) mass is 152 g/mol. The lowest BCUT2D eigenvalue weighted by Gasteiger charge is -2.02. The van der Waals surface area contributed by atoms with Crippen molar-refractivity contribution >= 4 is 17.3 Å². The lowest BCUT2D eigenvalue weighted by Crippen LogP contribution is -2.12. The van der Waals surface area contributed by atoms with Gasteiger partial charge in [-0.25, -0.2) is 4.21 Å². The van der Waals surface area contributed by atoms with Crippen LogP contribution in [0.5, 0.6) is 0 Å². The van der Waals surface area contributed by atoms with Crippen molar-refractivity contribution in [3.63, 3.8) is 0 Å². The van der Waals surface area contributed by atoms with Crippen LogP contribution in [0.2, 0.25) is 0 Å². The molecule has 1 unspecified atom stereocenters. The lowest BCUT2D eigenvalue weighted by atomic mass is 10.5. The number of hydrogen-bond donors (Lipinski definition) is 1. The van der Waals surface area contributed by atoms with Crippen molar-refractivity contribution in [1.29, 1.82) is 0 Å². The summed E-state index contributed by atoms with van der Waals surface area (Å²) in [6.07, 6.45) is -0.0754. The Morgan fingerprint density at radius 2 is 2.33 bits per heavy atom. The summed E-state index contributed by atoms with van der Waals surface area (Å²) < 4.78 is 22.9. The van der Waals surface area contributed by atoms with Gasteiger partial charge < -0.3 is 14.5 Å². The first kappa shape index (κ1) is 8.54. The molecule has 0 rings (SSSR count). The molecule has 0 fully saturated rings. The maximum Gasteiger partial charge on any atom is 0.320 e. The Morgan fingerprint density at radius 1 is 1.78 bits per heavy atom. The van der Waals surface area contributed by atoms with Crippen LogP contribution < -0.4 is 5.73 Å². The molecule has 0 spiro atoms. The van der Waals surface area contributed by atoms with Gasteiger partial charge in [-0.05, 0) is 0 Å². The predicted octanol–water partition coefficient (Wildman–Crippen LogP) is -1.33. The van der Waals surface area contributed by atoms with E-state index in [1.54, 1.807) is 0 Å². The second kappa shape index (κ2) is 4.42. The molecule has 9 heavy (non-hydrogen) atoms. The average Bonchev–Trinajstić information content (AvgIpc) is 1.63. The summed E-state index contributed by atoms with van der Waals surface area (Å²) in [4.78, 5) is 10.2. The SMILES string of the molecule is NCCC(=O)OS(=O)[O-]. The molecule has 1 atom stereocenters. The third kappa shape index (κ3) is 5.41. The highest BCUT2D eigenvalue weighted by molar-refractivity contribution is 7.74. The molecule has 0 heterocycles. The average molecular weight is 152 g/mol. The van der Waals surface area contributed by atoms with Crippen molar-refractivity contribution in [2.75, 3.05) is 6.54 Å². The van der Waals surface area contributed by atoms with Gasteiger partial charge in [0.05, 0.1) is 6.42 Å². The van der Waals surface area contributed by atoms with Crippen molar-refractivity contribution < 1.29 is 17.7 Å². The van der Waals surface area contributed by atoms with Crippen LogP contribution in [-0.4, -0.2) is 21.3 Å². The van der Waals surface area contributed by atoms with Gasteiger partial charge in [-0.2, -0.15) is 0 Å². The molecule has 0 aliphatic carbocycles. The maximum absolute atomic E-state index is 10.2. The van der Waals surface area contributed by atoms with E-state index in [2.05, 4.69) is 4.18 Å². The molecule has 54 valence electrons. The van der Waals surface area contributed by atoms with Crippen LogP contribution >= 0.6 is 0 Å². The smallest absolute Gasteiger partial charge is 0.320 e. The van der Waals surface area contributed by atoms with E-state index in [0.717, 1.165) is 0 Å². The van der Waals surface area contributed by atoms with E-state index in [-0.39, 0.29) is 13.0 Å². The Morgan fingerprint density at radius 3 is 2.67 bits per heavy atom. The summed E-state index contributed by atoms with van der Waals surface area (Å²) in [6.45, 7) is 0.0933. The summed E-state index contributed by atoms with van der Waals surface area (Å²) in [5, 5.41) is 0. The van der Waals surface area contributed by atoms with Crippen molar-refractivity contribution in [2.24, 2.45) is 5.73 Å². The van der Waals surface area contributed by atoms with Gasteiger partial charge in [0.1, 0.15) is 11.4 Å². The van der Waals surface area contributed by atoms with Gasteiger partial charge in [0.2, 0.25) is 0 Å². The second-order valence-electron chi connectivity index (χ2n) is 1.20. The number of hydrogen-bond acceptors (Lipinski definition) is 5. The van der Waals surface area contributed by atoms with Crippen LogP contribution in [0.3, 0.4) is 0 Å². The first-order chi connectivity index (χ1) is 4.16. The summed E-state index contributed by atoms with van der Waals surface area (Å²) >= 11 is -2.75. The van der Waals surface area contributed by atoms with Gasteiger partial charge >= 0.3 is 5.97 Å². The fourth-order valence-corrected chi connectivity index (χ4v) is 0.471. The Bertz CT molecular complexity index is 125. The zero-order valence-corrected chi connectivity index (χ0v) is 5.35. The highest BCUT2D eigenvalue weighted by Crippen LogP contribution is 1.84. The lowest BCUT2D eigenvalue weighted by molar-refractivity contribution is -0.133. The van der Waals surface area contributed by atoms with Crippen LogP contribution in [0.15, 0.2) is 0 Å². The highest BCUT2D eigenvalue weighted by atomic mass is 32.2. The molecular weight excluding hydrogens is 146 g/mol. The third-order valence-electron chi connectivity index (χ3n) is 0.509. The molecule has 5 nitrogen and oxygen atoms in total. The summed E-state index contributed by atoms with van der Waals surface area (Å²) in [7, 11) is 0. The topological polar surface area (TPSA) is 92.5 Å². The molecule has 0 saturated heterocycles. The first-order valence-electron chi connectivity index (χ1n) is 2.17. The molecule has 0 bridgehead atoms. The Kier molecular flexibility index (Phi) is 4.20. The Labute approximate surface area is 54.7 Å². The zero-order chi connectivity index (χ0) is 7.28. The molecule has 0 amide bonds. The molecule has 2 N–H and O–H groups in total. The van der Waals surface area contributed by atoms with Gasteiger partial charge in [0.25, 0.3) is 0 Å². The maximum atomic E-state index is 10.2. The minimum absolute atomic E-state index is 0.0754. The Balaban J connectivity index is 3.39. The summed E-state index contributed by atoms with van der Waals surface area (Å²) in [5.74, 6) is -0.828. The van der Waals surface area contributed by atoms with Crippen LogP contribution in [0.25, 0.3) is 0 Å². The van der Waals surface area contributed by atoms with Gasteiger partial charge in [-0.15, -0.1) is 0 Å². The van der Waals surface area contributed by atoms with E-state index in [4.69, 9.17) is 5.73 Å². The summed E-state index contributed by atoms with van der Waals surface area (Å²) in [5.41, 5.74) is 4.90. The predicted molar refractivity (Wildman–Crippen MR) is 28.7 cm³/mol. The van der Waals surface area contributed by atoms with Crippen LogP contribution in [-0.2, 0) is 20.3 Å². The molecule has 0 aromatic heterocycles. The third-order valence-corrected chi connectivity index (χ3v) is 0.831. The van der Waals surface area contributed by atoms with Gasteiger partial charge in [-0.1, -0.05) is 0 Å². The molecule has 0 radical (unpaired) electrons. The molecule has 0 aliphatic rings. The molecule has 0 aromatic rings. The number of carbonyl (C=O) groups is 1. The zero-order valence-electron chi connectivity index (χ0n) is 4.53. The highest BCUT2D eigenvalue weighted by Gasteiger charge is 1.98. The number of nitrogens with two attached hydrogens (primary N) is 1. The van der Waals surface area contributed by atoms with Gasteiger partial charge in [0, 0.05) is 6.54 Å². The van der Waals surface area contributed by atoms with Crippen LogP contribution in [0.4, 0.5) is 0 Å². The minimum atomic E-state index is -2.75. The molecule has 0 aliphatic heterocycles. The minimum Gasteiger partial charge on any atom is -0.740 e. The number of rotatable bonds is 3. The van der Waals surface area contributed by atoms with E-state index in [1.165, 1.54) is 0 Å².